The molecule has 0 bridgehead atoms. The van der Waals surface area contributed by atoms with Gasteiger partial charge in [0.2, 0.25) is 11.8 Å². The van der Waals surface area contributed by atoms with Gasteiger partial charge in [0.1, 0.15) is 5.65 Å². The lowest BCUT2D eigenvalue weighted by atomic mass is 10.2. The Morgan fingerprint density at radius 2 is 2.12 bits per heavy atom. The molecule has 1 aliphatic heterocycles. The van der Waals surface area contributed by atoms with Crippen molar-refractivity contribution in [3.05, 3.63) is 37.2 Å². The first-order valence-corrected chi connectivity index (χ1v) is 8.35. The summed E-state index contributed by atoms with van der Waals surface area (Å²) >= 11 is 0. The summed E-state index contributed by atoms with van der Waals surface area (Å²) in [6, 6.07) is 4.06. The summed E-state index contributed by atoms with van der Waals surface area (Å²) in [4.78, 5) is 30.2. The molecule has 0 unspecified atom stereocenters. The molecule has 1 N–H and O–H groups in total. The number of amides is 1. The Morgan fingerprint density at radius 1 is 1.29 bits per heavy atom. The van der Waals surface area contributed by atoms with E-state index in [1.54, 1.807) is 15.7 Å². The molecule has 0 spiro atoms. The summed E-state index contributed by atoms with van der Waals surface area (Å²) in [6.07, 6.45) is 7.74. The second kappa shape index (κ2) is 5.78. The largest absolute Gasteiger partial charge is 0.380 e. The number of anilines is 1. The van der Waals surface area contributed by atoms with Crippen molar-refractivity contribution in [1.29, 1.82) is 0 Å². The highest BCUT2D eigenvalue weighted by Gasteiger charge is 2.32. The van der Waals surface area contributed by atoms with Crippen LogP contribution >= 0.6 is 0 Å². The first-order chi connectivity index (χ1) is 11.7. The lowest BCUT2D eigenvalue weighted by Gasteiger charge is -2.16. The predicted molar refractivity (Wildman–Crippen MR) is 91.9 cm³/mol. The minimum absolute atomic E-state index is 0.0274. The zero-order valence-corrected chi connectivity index (χ0v) is 13.4. The molecule has 1 atom stereocenters. The third-order valence-electron chi connectivity index (χ3n) is 4.79. The second-order valence-electron chi connectivity index (χ2n) is 6.51. The van der Waals surface area contributed by atoms with Crippen molar-refractivity contribution in [1.82, 2.24) is 14.5 Å². The highest BCUT2D eigenvalue weighted by molar-refractivity contribution is 5.97. The van der Waals surface area contributed by atoms with Gasteiger partial charge < -0.3 is 10.2 Å². The summed E-state index contributed by atoms with van der Waals surface area (Å²) in [5.41, 5.74) is 1.66. The third-order valence-corrected chi connectivity index (χ3v) is 4.79. The lowest BCUT2D eigenvalue weighted by molar-refractivity contribution is -0.125. The van der Waals surface area contributed by atoms with Crippen LogP contribution in [0.2, 0.25) is 0 Å². The third kappa shape index (κ3) is 2.58. The molecule has 1 aliphatic carbocycles. The van der Waals surface area contributed by atoms with Crippen LogP contribution in [0.4, 0.5) is 5.69 Å². The summed E-state index contributed by atoms with van der Waals surface area (Å²) in [6.45, 7) is 4.94. The van der Waals surface area contributed by atoms with Crippen molar-refractivity contribution < 1.29 is 9.59 Å². The fourth-order valence-electron chi connectivity index (χ4n) is 3.30. The number of pyridine rings is 1. The maximum absolute atomic E-state index is 12.3. The van der Waals surface area contributed by atoms with Gasteiger partial charge in [0, 0.05) is 48.5 Å². The predicted octanol–water partition coefficient (Wildman–Crippen LogP) is 2.29. The molecular formula is C18H20N4O2. The molecule has 3 heterocycles. The van der Waals surface area contributed by atoms with Gasteiger partial charge in [-0.05, 0) is 37.5 Å². The molecule has 0 radical (unpaired) electrons. The molecule has 2 aromatic heterocycles. The molecule has 24 heavy (non-hydrogen) atoms. The van der Waals surface area contributed by atoms with E-state index in [9.17, 15) is 9.59 Å². The number of carbonyl (C=O) groups is 2. The normalized spacial score (nSPS) is 20.3. The van der Waals surface area contributed by atoms with E-state index in [2.05, 4.69) is 16.9 Å². The van der Waals surface area contributed by atoms with Gasteiger partial charge in [-0.2, -0.15) is 0 Å². The molecule has 0 aromatic carbocycles. The number of hydrogen-bond donors (Lipinski definition) is 1. The number of fused-ring (bicyclic) bond motifs is 1. The Labute approximate surface area is 140 Å². The van der Waals surface area contributed by atoms with Gasteiger partial charge in [-0.3, -0.25) is 14.2 Å². The number of aromatic nitrogens is 2. The van der Waals surface area contributed by atoms with Gasteiger partial charge >= 0.3 is 0 Å². The van der Waals surface area contributed by atoms with Crippen molar-refractivity contribution in [2.75, 3.05) is 18.4 Å². The van der Waals surface area contributed by atoms with Crippen LogP contribution in [-0.4, -0.2) is 45.4 Å². The fourth-order valence-corrected chi connectivity index (χ4v) is 3.30. The molecule has 2 aliphatic rings. The van der Waals surface area contributed by atoms with Crippen LogP contribution in [0, 0.1) is 5.92 Å². The monoisotopic (exact) mass is 324 g/mol. The smallest absolute Gasteiger partial charge is 0.246 e. The van der Waals surface area contributed by atoms with Gasteiger partial charge in [-0.25, -0.2) is 4.98 Å². The molecule has 6 heteroatoms. The van der Waals surface area contributed by atoms with Crippen molar-refractivity contribution in [2.45, 2.75) is 25.3 Å². The van der Waals surface area contributed by atoms with E-state index >= 15 is 0 Å². The first-order valence-electron chi connectivity index (χ1n) is 8.35. The van der Waals surface area contributed by atoms with Gasteiger partial charge in [0.05, 0.1) is 0 Å². The number of nitrogens with zero attached hydrogens (tertiary/aromatic N) is 3. The number of likely N-dealkylation sites (tertiary alicyclic amines) is 1. The van der Waals surface area contributed by atoms with Gasteiger partial charge in [0.15, 0.2) is 0 Å². The number of carbonyl (C=O) groups excluding carboxylic acids is 2. The van der Waals surface area contributed by atoms with Crippen LogP contribution in [0.15, 0.2) is 37.2 Å². The van der Waals surface area contributed by atoms with E-state index in [4.69, 9.17) is 0 Å². The number of rotatable bonds is 4. The molecule has 6 nitrogen and oxygen atoms in total. The number of hydrogen-bond acceptors (Lipinski definition) is 4. The van der Waals surface area contributed by atoms with Crippen molar-refractivity contribution in [3.63, 3.8) is 0 Å². The molecule has 2 fully saturated rings. The quantitative estimate of drug-likeness (QED) is 0.876. The lowest BCUT2D eigenvalue weighted by Crippen LogP contribution is -2.30. The maximum Gasteiger partial charge on any atom is 0.246 e. The van der Waals surface area contributed by atoms with E-state index < -0.39 is 0 Å². The highest BCUT2D eigenvalue weighted by Crippen LogP contribution is 2.33. The molecule has 2 aromatic rings. The molecular weight excluding hydrogens is 304 g/mol. The van der Waals surface area contributed by atoms with Crippen LogP contribution in [0.5, 0.6) is 0 Å². The average molecular weight is 324 g/mol. The van der Waals surface area contributed by atoms with E-state index in [1.165, 1.54) is 6.08 Å². The van der Waals surface area contributed by atoms with E-state index in [1.807, 2.05) is 18.3 Å². The summed E-state index contributed by atoms with van der Waals surface area (Å²) in [7, 11) is 0. The molecule has 1 saturated heterocycles. The summed E-state index contributed by atoms with van der Waals surface area (Å²) < 4.78 is 1.67. The topological polar surface area (TPSA) is 67.2 Å². The Hall–Kier alpha value is -2.63. The minimum Gasteiger partial charge on any atom is -0.380 e. The number of nitrogens with one attached hydrogen (secondary N) is 1. The zero-order chi connectivity index (χ0) is 16.7. The van der Waals surface area contributed by atoms with Crippen LogP contribution in [0.3, 0.4) is 0 Å². The molecule has 4 rings (SSSR count). The zero-order valence-electron chi connectivity index (χ0n) is 13.4. The Bertz CT molecular complexity index is 822. The van der Waals surface area contributed by atoms with E-state index in [0.717, 1.165) is 36.9 Å². The first kappa shape index (κ1) is 14.9. The van der Waals surface area contributed by atoms with Gasteiger partial charge in [-0.1, -0.05) is 6.58 Å². The van der Waals surface area contributed by atoms with Crippen LogP contribution in [0.1, 0.15) is 24.1 Å². The maximum atomic E-state index is 12.3. The SMILES string of the molecule is C=CC(=O)N1CC[C@@H](Nc2ccnc3c2ccn3C(=O)C2CC2)C1. The molecule has 1 amide bonds. The van der Waals surface area contributed by atoms with Crippen molar-refractivity contribution in [3.8, 4) is 0 Å². The van der Waals surface area contributed by atoms with E-state index in [0.29, 0.717) is 12.2 Å². The van der Waals surface area contributed by atoms with Crippen LogP contribution < -0.4 is 5.32 Å². The molecule has 124 valence electrons. The van der Waals surface area contributed by atoms with Crippen molar-refractivity contribution in [2.24, 2.45) is 5.92 Å². The van der Waals surface area contributed by atoms with E-state index in [-0.39, 0.29) is 23.8 Å². The molecule has 1 saturated carbocycles. The Morgan fingerprint density at radius 3 is 2.88 bits per heavy atom. The second-order valence-corrected chi connectivity index (χ2v) is 6.51. The average Bonchev–Trinajstić information content (AvgIpc) is 3.19. The van der Waals surface area contributed by atoms with Crippen LogP contribution in [0.25, 0.3) is 11.0 Å². The Balaban J connectivity index is 1.56. The summed E-state index contributed by atoms with van der Waals surface area (Å²) in [5, 5.41) is 4.44. The van der Waals surface area contributed by atoms with Crippen LogP contribution in [-0.2, 0) is 4.79 Å². The summed E-state index contributed by atoms with van der Waals surface area (Å²) in [5.74, 6) is 0.269. The highest BCUT2D eigenvalue weighted by atomic mass is 16.2. The van der Waals surface area contributed by atoms with Gasteiger partial charge in [-0.15, -0.1) is 0 Å². The standard InChI is InChI=1S/C18H20N4O2/c1-2-16(23)21-9-6-13(11-21)20-15-5-8-19-17-14(15)7-10-22(17)18(24)12-3-4-12/h2,5,7-8,10,12-13H,1,3-4,6,9,11H2,(H,19,20)/t13-/m1/s1. The van der Waals surface area contributed by atoms with Gasteiger partial charge in [0.25, 0.3) is 0 Å². The fraction of sp³-hybridized carbons (Fsp3) is 0.389. The minimum atomic E-state index is -0.0274. The van der Waals surface area contributed by atoms with Crippen molar-refractivity contribution >= 4 is 28.5 Å². The Kier molecular flexibility index (Phi) is 3.59.